The molecule has 0 bridgehead atoms. The van der Waals surface area contributed by atoms with Crippen LogP contribution in [0.15, 0.2) is 36.4 Å². The highest BCUT2D eigenvalue weighted by molar-refractivity contribution is 6.30. The molecule has 1 heterocycles. The molecular formula is C21H25ClN2O. The Bertz CT molecular complexity index is 779. The Morgan fingerprint density at radius 1 is 0.960 bits per heavy atom. The van der Waals surface area contributed by atoms with Crippen LogP contribution >= 0.6 is 11.6 Å². The van der Waals surface area contributed by atoms with E-state index in [-0.39, 0.29) is 5.78 Å². The molecule has 25 heavy (non-hydrogen) atoms. The van der Waals surface area contributed by atoms with E-state index in [4.69, 9.17) is 11.6 Å². The zero-order chi connectivity index (χ0) is 18.0. The lowest BCUT2D eigenvalue weighted by atomic mass is 10.0. The molecular weight excluding hydrogens is 332 g/mol. The standard InChI is InChI=1S/C21H25ClN2O/c1-15-4-5-16(2)19(12-15)21(25)14-23-8-10-24(11-9-23)20-13-18(22)7-6-17(20)3/h4-7,12-13H,8-11,14H2,1-3H3. The zero-order valence-corrected chi connectivity index (χ0v) is 15.9. The number of Topliss-reactive ketones (excluding diaryl/α,β-unsaturated/α-hetero) is 1. The van der Waals surface area contributed by atoms with Gasteiger partial charge in [-0.3, -0.25) is 9.69 Å². The zero-order valence-electron chi connectivity index (χ0n) is 15.2. The first-order chi connectivity index (χ1) is 11.9. The highest BCUT2D eigenvalue weighted by atomic mass is 35.5. The lowest BCUT2D eigenvalue weighted by Crippen LogP contribution is -2.48. The van der Waals surface area contributed by atoms with Gasteiger partial charge in [-0.05, 0) is 50.1 Å². The number of hydrogen-bond acceptors (Lipinski definition) is 3. The van der Waals surface area contributed by atoms with Gasteiger partial charge >= 0.3 is 0 Å². The maximum absolute atomic E-state index is 12.7. The molecule has 4 heteroatoms. The second-order valence-corrected chi connectivity index (χ2v) is 7.37. The molecule has 0 aliphatic carbocycles. The van der Waals surface area contributed by atoms with Crippen LogP contribution in [-0.2, 0) is 0 Å². The van der Waals surface area contributed by atoms with Gasteiger partial charge in [0.25, 0.3) is 0 Å². The lowest BCUT2D eigenvalue weighted by molar-refractivity contribution is 0.0925. The minimum Gasteiger partial charge on any atom is -0.369 e. The van der Waals surface area contributed by atoms with Gasteiger partial charge in [0.05, 0.1) is 6.54 Å². The molecule has 0 radical (unpaired) electrons. The number of rotatable bonds is 4. The van der Waals surface area contributed by atoms with Gasteiger partial charge in [0, 0.05) is 42.5 Å². The molecule has 0 aromatic heterocycles. The Morgan fingerprint density at radius 2 is 1.64 bits per heavy atom. The Hall–Kier alpha value is -1.84. The summed E-state index contributed by atoms with van der Waals surface area (Å²) in [5, 5.41) is 0.771. The quantitative estimate of drug-likeness (QED) is 0.764. The summed E-state index contributed by atoms with van der Waals surface area (Å²) in [4.78, 5) is 17.3. The second kappa shape index (κ2) is 7.59. The Kier molecular flexibility index (Phi) is 5.45. The van der Waals surface area contributed by atoms with Gasteiger partial charge in [0.2, 0.25) is 0 Å². The van der Waals surface area contributed by atoms with Gasteiger partial charge in [0.15, 0.2) is 5.78 Å². The van der Waals surface area contributed by atoms with E-state index < -0.39 is 0 Å². The lowest BCUT2D eigenvalue weighted by Gasteiger charge is -2.36. The van der Waals surface area contributed by atoms with Crippen LogP contribution in [0.3, 0.4) is 0 Å². The molecule has 0 N–H and O–H groups in total. The average Bonchev–Trinajstić information content (AvgIpc) is 2.60. The van der Waals surface area contributed by atoms with Gasteiger partial charge in [-0.15, -0.1) is 0 Å². The third-order valence-corrected chi connectivity index (χ3v) is 5.18. The molecule has 132 valence electrons. The maximum Gasteiger partial charge on any atom is 0.177 e. The van der Waals surface area contributed by atoms with Gasteiger partial charge in [-0.1, -0.05) is 35.4 Å². The molecule has 1 aliphatic heterocycles. The van der Waals surface area contributed by atoms with Crippen molar-refractivity contribution < 1.29 is 4.79 Å². The summed E-state index contributed by atoms with van der Waals surface area (Å²) in [6.45, 7) is 10.3. The number of anilines is 1. The molecule has 1 saturated heterocycles. The van der Waals surface area contributed by atoms with E-state index in [9.17, 15) is 4.79 Å². The van der Waals surface area contributed by atoms with E-state index in [0.29, 0.717) is 6.54 Å². The largest absolute Gasteiger partial charge is 0.369 e. The van der Waals surface area contributed by atoms with Crippen LogP contribution < -0.4 is 4.90 Å². The minimum absolute atomic E-state index is 0.216. The summed E-state index contributed by atoms with van der Waals surface area (Å²) >= 11 is 6.15. The van der Waals surface area contributed by atoms with Crippen molar-refractivity contribution in [2.24, 2.45) is 0 Å². The summed E-state index contributed by atoms with van der Waals surface area (Å²) in [6.07, 6.45) is 0. The topological polar surface area (TPSA) is 23.6 Å². The number of benzene rings is 2. The van der Waals surface area contributed by atoms with Crippen molar-refractivity contribution in [1.29, 1.82) is 0 Å². The Labute approximate surface area is 155 Å². The summed E-state index contributed by atoms with van der Waals surface area (Å²) in [5.41, 5.74) is 5.49. The molecule has 0 saturated carbocycles. The molecule has 2 aromatic carbocycles. The molecule has 0 unspecified atom stereocenters. The van der Waals surface area contributed by atoms with E-state index in [1.54, 1.807) is 0 Å². The van der Waals surface area contributed by atoms with Crippen molar-refractivity contribution in [2.75, 3.05) is 37.6 Å². The highest BCUT2D eigenvalue weighted by Crippen LogP contribution is 2.25. The molecule has 3 rings (SSSR count). The van der Waals surface area contributed by atoms with Crippen LogP contribution in [0.1, 0.15) is 27.0 Å². The van der Waals surface area contributed by atoms with Gasteiger partial charge < -0.3 is 4.90 Å². The Balaban J connectivity index is 1.62. The number of carbonyl (C=O) groups is 1. The number of carbonyl (C=O) groups excluding carboxylic acids is 1. The normalized spacial score (nSPS) is 15.4. The number of piperazine rings is 1. The first-order valence-corrected chi connectivity index (χ1v) is 9.16. The molecule has 0 atom stereocenters. The summed E-state index contributed by atoms with van der Waals surface area (Å²) in [5.74, 6) is 0.216. The van der Waals surface area contributed by atoms with Gasteiger partial charge in [-0.25, -0.2) is 0 Å². The summed E-state index contributed by atoms with van der Waals surface area (Å²) in [6, 6.07) is 12.1. The van der Waals surface area contributed by atoms with Crippen molar-refractivity contribution in [3.8, 4) is 0 Å². The SMILES string of the molecule is Cc1ccc(C)c(C(=O)CN2CCN(c3cc(Cl)ccc3C)CC2)c1. The predicted molar refractivity (Wildman–Crippen MR) is 105 cm³/mol. The molecule has 2 aromatic rings. The van der Waals surface area contributed by atoms with Crippen molar-refractivity contribution >= 4 is 23.1 Å². The third kappa shape index (κ3) is 4.23. The average molecular weight is 357 g/mol. The van der Waals surface area contributed by atoms with Gasteiger partial charge in [-0.2, -0.15) is 0 Å². The monoisotopic (exact) mass is 356 g/mol. The molecule has 1 aliphatic rings. The van der Waals surface area contributed by atoms with Crippen molar-refractivity contribution in [3.63, 3.8) is 0 Å². The fourth-order valence-electron chi connectivity index (χ4n) is 3.39. The first kappa shape index (κ1) is 18.0. The molecule has 0 spiro atoms. The van der Waals surface area contributed by atoms with Crippen LogP contribution in [0.2, 0.25) is 5.02 Å². The van der Waals surface area contributed by atoms with Crippen LogP contribution in [0, 0.1) is 20.8 Å². The molecule has 0 amide bonds. The summed E-state index contributed by atoms with van der Waals surface area (Å²) in [7, 11) is 0. The number of nitrogens with zero attached hydrogens (tertiary/aromatic N) is 2. The van der Waals surface area contributed by atoms with Gasteiger partial charge in [0.1, 0.15) is 0 Å². The van der Waals surface area contributed by atoms with Crippen LogP contribution in [-0.4, -0.2) is 43.4 Å². The fourth-order valence-corrected chi connectivity index (χ4v) is 3.56. The molecule has 1 fully saturated rings. The van der Waals surface area contributed by atoms with Crippen molar-refractivity contribution in [3.05, 3.63) is 63.7 Å². The fraction of sp³-hybridized carbons (Fsp3) is 0.381. The van der Waals surface area contributed by atoms with Crippen LogP contribution in [0.25, 0.3) is 0 Å². The Morgan fingerprint density at radius 3 is 2.36 bits per heavy atom. The second-order valence-electron chi connectivity index (χ2n) is 6.94. The number of aryl methyl sites for hydroxylation is 3. The van der Waals surface area contributed by atoms with E-state index in [2.05, 4.69) is 28.9 Å². The summed E-state index contributed by atoms with van der Waals surface area (Å²) < 4.78 is 0. The number of ketones is 1. The highest BCUT2D eigenvalue weighted by Gasteiger charge is 2.21. The molecule has 3 nitrogen and oxygen atoms in total. The maximum atomic E-state index is 12.7. The van der Waals surface area contributed by atoms with E-state index >= 15 is 0 Å². The van der Waals surface area contributed by atoms with Crippen LogP contribution in [0.4, 0.5) is 5.69 Å². The number of halogens is 1. The smallest absolute Gasteiger partial charge is 0.177 e. The van der Waals surface area contributed by atoms with E-state index in [0.717, 1.165) is 47.9 Å². The van der Waals surface area contributed by atoms with Crippen molar-refractivity contribution in [1.82, 2.24) is 4.90 Å². The first-order valence-electron chi connectivity index (χ1n) is 8.78. The van der Waals surface area contributed by atoms with Crippen LogP contribution in [0.5, 0.6) is 0 Å². The third-order valence-electron chi connectivity index (χ3n) is 4.94. The van der Waals surface area contributed by atoms with E-state index in [1.807, 2.05) is 38.1 Å². The number of hydrogen-bond donors (Lipinski definition) is 0. The van der Waals surface area contributed by atoms with E-state index in [1.165, 1.54) is 11.3 Å². The predicted octanol–water partition coefficient (Wildman–Crippen LogP) is 4.27. The minimum atomic E-state index is 0.216. The van der Waals surface area contributed by atoms with Crippen molar-refractivity contribution in [2.45, 2.75) is 20.8 Å².